The van der Waals surface area contributed by atoms with Crippen LogP contribution in [0.15, 0.2) is 111 Å². The Morgan fingerprint density at radius 2 is 1.31 bits per heavy atom. The molecule has 35 heavy (non-hydrogen) atoms. The SMILES string of the molecule is O=c1oc2ccccc2c(O)c1C1CCC(c2ccccc2-c2ccc(Br)cc2)c2ccccc21. The van der Waals surface area contributed by atoms with Gasteiger partial charge in [-0.05, 0) is 64.9 Å². The molecule has 0 spiro atoms. The second-order valence-electron chi connectivity index (χ2n) is 9.05. The summed E-state index contributed by atoms with van der Waals surface area (Å²) in [5, 5.41) is 11.7. The predicted octanol–water partition coefficient (Wildman–Crippen LogP) is 7.99. The van der Waals surface area contributed by atoms with Crippen molar-refractivity contribution in [3.8, 4) is 16.9 Å². The summed E-state index contributed by atoms with van der Waals surface area (Å²) in [6.07, 6.45) is 1.61. The van der Waals surface area contributed by atoms with Gasteiger partial charge in [-0.25, -0.2) is 4.79 Å². The summed E-state index contributed by atoms with van der Waals surface area (Å²) in [5.41, 5.74) is 6.24. The minimum atomic E-state index is -0.463. The molecule has 3 nitrogen and oxygen atoms in total. The molecule has 2 unspecified atom stereocenters. The highest BCUT2D eigenvalue weighted by Gasteiger charge is 2.33. The largest absolute Gasteiger partial charge is 0.507 e. The average Bonchev–Trinajstić information content (AvgIpc) is 2.89. The van der Waals surface area contributed by atoms with Crippen molar-refractivity contribution in [2.24, 2.45) is 0 Å². The van der Waals surface area contributed by atoms with Crippen molar-refractivity contribution in [3.05, 3.63) is 134 Å². The molecule has 0 saturated heterocycles. The molecular formula is C31H23BrO3. The van der Waals surface area contributed by atoms with Gasteiger partial charge in [-0.2, -0.15) is 0 Å². The van der Waals surface area contributed by atoms with E-state index in [9.17, 15) is 9.90 Å². The zero-order valence-corrected chi connectivity index (χ0v) is 20.5. The highest BCUT2D eigenvalue weighted by atomic mass is 79.9. The summed E-state index contributed by atoms with van der Waals surface area (Å²) in [6.45, 7) is 0. The lowest BCUT2D eigenvalue weighted by molar-refractivity contribution is 0.441. The van der Waals surface area contributed by atoms with E-state index in [4.69, 9.17) is 4.42 Å². The smallest absolute Gasteiger partial charge is 0.343 e. The van der Waals surface area contributed by atoms with E-state index >= 15 is 0 Å². The Bertz CT molecular complexity index is 1600. The fourth-order valence-electron chi connectivity index (χ4n) is 5.56. The fraction of sp³-hybridized carbons (Fsp3) is 0.129. The molecule has 1 aliphatic carbocycles. The van der Waals surface area contributed by atoms with Crippen LogP contribution >= 0.6 is 15.9 Å². The van der Waals surface area contributed by atoms with Gasteiger partial charge in [0.2, 0.25) is 0 Å². The van der Waals surface area contributed by atoms with E-state index in [-0.39, 0.29) is 17.6 Å². The first-order valence-corrected chi connectivity index (χ1v) is 12.6. The molecule has 1 heterocycles. The zero-order chi connectivity index (χ0) is 23.9. The second kappa shape index (κ2) is 8.86. The second-order valence-corrected chi connectivity index (χ2v) is 9.97. The third-order valence-corrected chi connectivity index (χ3v) is 7.68. The molecule has 2 atom stereocenters. The molecule has 1 N–H and O–H groups in total. The number of para-hydroxylation sites is 1. The van der Waals surface area contributed by atoms with Crippen LogP contribution in [0.2, 0.25) is 0 Å². The van der Waals surface area contributed by atoms with Gasteiger partial charge in [0.15, 0.2) is 0 Å². The van der Waals surface area contributed by atoms with Crippen LogP contribution in [0.4, 0.5) is 0 Å². The van der Waals surface area contributed by atoms with Gasteiger partial charge < -0.3 is 9.52 Å². The van der Waals surface area contributed by atoms with Crippen LogP contribution in [0.25, 0.3) is 22.1 Å². The van der Waals surface area contributed by atoms with Crippen LogP contribution in [0.1, 0.15) is 46.9 Å². The summed E-state index contributed by atoms with van der Waals surface area (Å²) in [4.78, 5) is 13.1. The van der Waals surface area contributed by atoms with Crippen LogP contribution in [0.3, 0.4) is 0 Å². The number of aromatic hydroxyl groups is 1. The molecular weight excluding hydrogens is 500 g/mol. The lowest BCUT2D eigenvalue weighted by Gasteiger charge is -2.33. The number of hydrogen-bond donors (Lipinski definition) is 1. The van der Waals surface area contributed by atoms with Gasteiger partial charge >= 0.3 is 5.63 Å². The van der Waals surface area contributed by atoms with Crippen molar-refractivity contribution in [2.75, 3.05) is 0 Å². The Kier molecular flexibility index (Phi) is 5.54. The van der Waals surface area contributed by atoms with E-state index in [0.29, 0.717) is 16.5 Å². The molecule has 4 aromatic carbocycles. The van der Waals surface area contributed by atoms with Crippen LogP contribution in [0, 0.1) is 0 Å². The van der Waals surface area contributed by atoms with Gasteiger partial charge in [0, 0.05) is 16.3 Å². The topological polar surface area (TPSA) is 50.4 Å². The normalized spacial score (nSPS) is 17.3. The van der Waals surface area contributed by atoms with Crippen molar-refractivity contribution in [1.82, 2.24) is 0 Å². The molecule has 1 aliphatic rings. The van der Waals surface area contributed by atoms with E-state index < -0.39 is 5.63 Å². The van der Waals surface area contributed by atoms with Crippen molar-refractivity contribution in [1.29, 1.82) is 0 Å². The van der Waals surface area contributed by atoms with E-state index in [2.05, 4.69) is 82.7 Å². The summed E-state index contributed by atoms with van der Waals surface area (Å²) in [5.74, 6) is 0.00505. The van der Waals surface area contributed by atoms with Gasteiger partial charge in [0.1, 0.15) is 11.3 Å². The molecule has 4 heteroatoms. The van der Waals surface area contributed by atoms with Gasteiger partial charge in [-0.1, -0.05) is 88.7 Å². The average molecular weight is 523 g/mol. The van der Waals surface area contributed by atoms with Gasteiger partial charge in [0.25, 0.3) is 0 Å². The molecule has 0 bridgehead atoms. The monoisotopic (exact) mass is 522 g/mol. The predicted molar refractivity (Wildman–Crippen MR) is 143 cm³/mol. The van der Waals surface area contributed by atoms with Crippen molar-refractivity contribution in [3.63, 3.8) is 0 Å². The Morgan fingerprint density at radius 1 is 0.714 bits per heavy atom. The van der Waals surface area contributed by atoms with Crippen molar-refractivity contribution < 1.29 is 9.52 Å². The maximum Gasteiger partial charge on any atom is 0.343 e. The highest BCUT2D eigenvalue weighted by Crippen LogP contribution is 2.48. The number of fused-ring (bicyclic) bond motifs is 2. The third kappa shape index (κ3) is 3.78. The lowest BCUT2D eigenvalue weighted by Crippen LogP contribution is -2.21. The highest BCUT2D eigenvalue weighted by molar-refractivity contribution is 9.10. The molecule has 0 saturated carbocycles. The minimum Gasteiger partial charge on any atom is -0.507 e. The first kappa shape index (κ1) is 21.9. The fourth-order valence-corrected chi connectivity index (χ4v) is 5.83. The van der Waals surface area contributed by atoms with Gasteiger partial charge in [0.05, 0.1) is 10.9 Å². The summed E-state index contributed by atoms with van der Waals surface area (Å²) in [7, 11) is 0. The van der Waals surface area contributed by atoms with Crippen LogP contribution in [0.5, 0.6) is 5.75 Å². The first-order valence-electron chi connectivity index (χ1n) is 11.8. The van der Waals surface area contributed by atoms with Crippen LogP contribution in [-0.4, -0.2) is 5.11 Å². The first-order chi connectivity index (χ1) is 17.1. The van der Waals surface area contributed by atoms with Crippen molar-refractivity contribution >= 4 is 26.9 Å². The summed E-state index contributed by atoms with van der Waals surface area (Å²) in [6, 6.07) is 32.4. The number of halogens is 1. The molecule has 0 aliphatic heterocycles. The van der Waals surface area contributed by atoms with E-state index in [0.717, 1.165) is 22.9 Å². The van der Waals surface area contributed by atoms with Gasteiger partial charge in [-0.15, -0.1) is 0 Å². The van der Waals surface area contributed by atoms with E-state index in [1.54, 1.807) is 18.2 Å². The Morgan fingerprint density at radius 3 is 2.09 bits per heavy atom. The molecule has 1 aromatic heterocycles. The van der Waals surface area contributed by atoms with E-state index in [1.165, 1.54) is 22.3 Å². The van der Waals surface area contributed by atoms with Crippen LogP contribution < -0.4 is 5.63 Å². The molecule has 5 aromatic rings. The third-order valence-electron chi connectivity index (χ3n) is 7.15. The quantitative estimate of drug-likeness (QED) is 0.244. The molecule has 0 radical (unpaired) electrons. The number of rotatable bonds is 3. The van der Waals surface area contributed by atoms with Gasteiger partial charge in [-0.3, -0.25) is 0 Å². The van der Waals surface area contributed by atoms with Crippen molar-refractivity contribution in [2.45, 2.75) is 24.7 Å². The summed E-state index contributed by atoms with van der Waals surface area (Å²) >= 11 is 3.54. The standard InChI is InChI=1S/C31H23BrO3/c32-20-15-13-19(14-16-20)21-7-1-2-8-22(21)25-17-18-26(24-10-4-3-9-23(24)25)29-30(33)27-11-5-6-12-28(27)35-31(29)34/h1-16,25-26,33H,17-18H2. The zero-order valence-electron chi connectivity index (χ0n) is 18.9. The summed E-state index contributed by atoms with van der Waals surface area (Å²) < 4.78 is 6.67. The Balaban J connectivity index is 1.49. The number of benzene rings is 4. The van der Waals surface area contributed by atoms with Crippen LogP contribution in [-0.2, 0) is 0 Å². The molecule has 0 fully saturated rings. The minimum absolute atomic E-state index is 0.0327. The molecule has 6 rings (SSSR count). The lowest BCUT2D eigenvalue weighted by atomic mass is 9.71. The maximum absolute atomic E-state index is 13.1. The van der Waals surface area contributed by atoms with E-state index in [1.807, 2.05) is 12.1 Å². The Hall–Kier alpha value is -3.63. The molecule has 0 amide bonds. The maximum atomic E-state index is 13.1. The number of hydrogen-bond acceptors (Lipinski definition) is 3. The Labute approximate surface area is 211 Å². The molecule has 172 valence electrons.